The zero-order valence-corrected chi connectivity index (χ0v) is 30.6. The first-order chi connectivity index (χ1) is 25.1. The van der Waals surface area contributed by atoms with Crippen LogP contribution in [0.3, 0.4) is 0 Å². The Kier molecular flexibility index (Phi) is 9.94. The Morgan fingerprint density at radius 2 is 1.06 bits per heavy atom. The van der Waals surface area contributed by atoms with E-state index in [0.717, 1.165) is 35.1 Å². The number of hydrogen-bond donors (Lipinski definition) is 4. The van der Waals surface area contributed by atoms with Crippen LogP contribution in [-0.2, 0) is 35.3 Å². The number of nitrogens with one attached hydrogen (secondary N) is 2. The number of phenols is 2. The molecule has 6 aromatic rings. The lowest BCUT2D eigenvalue weighted by Gasteiger charge is -2.30. The highest BCUT2D eigenvalue weighted by Crippen LogP contribution is 2.51. The van der Waals surface area contributed by atoms with Crippen molar-refractivity contribution in [2.75, 3.05) is 10.6 Å². The molecule has 52 heavy (non-hydrogen) atoms. The predicted molar refractivity (Wildman–Crippen MR) is 207 cm³/mol. The third-order valence-electron chi connectivity index (χ3n) is 10.6. The Balaban J connectivity index is 0.000000162. The Bertz CT molecular complexity index is 2000. The van der Waals surface area contributed by atoms with E-state index in [1.165, 1.54) is 33.8 Å². The fourth-order valence-corrected chi connectivity index (χ4v) is 8.80. The van der Waals surface area contributed by atoms with E-state index >= 15 is 0 Å². The van der Waals surface area contributed by atoms with Gasteiger partial charge < -0.3 is 20.8 Å². The number of nitrogens with zero attached hydrogens (tertiary/aromatic N) is 2. The maximum Gasteiger partial charge on any atom is 0.233 e. The Hall–Kier alpha value is -5.32. The maximum absolute atomic E-state index is 13.2. The quantitative estimate of drug-likeness (QED) is 0.124. The summed E-state index contributed by atoms with van der Waals surface area (Å²) < 4.78 is 0. The summed E-state index contributed by atoms with van der Waals surface area (Å²) in [5.41, 5.74) is 5.54. The second-order valence-corrected chi connectivity index (χ2v) is 15.8. The molecule has 2 amide bonds. The van der Waals surface area contributed by atoms with Crippen molar-refractivity contribution < 1.29 is 19.8 Å². The Morgan fingerprint density at radius 3 is 1.42 bits per heavy atom. The summed E-state index contributed by atoms with van der Waals surface area (Å²) in [7, 11) is 0. The van der Waals surface area contributed by atoms with Gasteiger partial charge in [0.1, 0.15) is 11.5 Å². The molecule has 0 radical (unpaired) electrons. The first-order valence-electron chi connectivity index (χ1n) is 17.3. The molecule has 0 saturated carbocycles. The first-order valence-corrected chi connectivity index (χ1v) is 19.0. The molecule has 2 aliphatic carbocycles. The number of thiazole rings is 2. The average Bonchev–Trinajstić information content (AvgIpc) is 3.95. The van der Waals surface area contributed by atoms with Crippen LogP contribution in [0.5, 0.6) is 11.5 Å². The molecule has 8 nitrogen and oxygen atoms in total. The van der Waals surface area contributed by atoms with Crippen molar-refractivity contribution in [1.82, 2.24) is 9.97 Å². The predicted octanol–water partition coefficient (Wildman–Crippen LogP) is 8.75. The van der Waals surface area contributed by atoms with Crippen molar-refractivity contribution >= 4 is 44.8 Å². The topological polar surface area (TPSA) is 124 Å². The number of carbonyl (C=O) groups excluding carboxylic acids is 2. The van der Waals surface area contributed by atoms with E-state index in [9.17, 15) is 19.8 Å². The van der Waals surface area contributed by atoms with E-state index in [1.807, 2.05) is 85.3 Å². The van der Waals surface area contributed by atoms with Gasteiger partial charge in [-0.2, -0.15) is 0 Å². The van der Waals surface area contributed by atoms with Crippen molar-refractivity contribution in [2.45, 2.75) is 51.4 Å². The molecular weight excluding hydrogens is 689 g/mol. The number of anilines is 2. The van der Waals surface area contributed by atoms with E-state index in [4.69, 9.17) is 0 Å². The lowest BCUT2D eigenvalue weighted by Crippen LogP contribution is -2.38. The summed E-state index contributed by atoms with van der Waals surface area (Å²) in [6.45, 7) is 4.03. The molecule has 8 rings (SSSR count). The molecule has 2 aromatic heterocycles. The van der Waals surface area contributed by atoms with E-state index in [0.29, 0.717) is 23.1 Å². The molecule has 0 unspecified atom stereocenters. The van der Waals surface area contributed by atoms with Crippen molar-refractivity contribution in [3.05, 3.63) is 154 Å². The monoisotopic (exact) mass is 728 g/mol. The number of phenolic OH excluding ortho intramolecular Hbond substituents is 2. The fourth-order valence-electron chi connectivity index (χ4n) is 7.76. The van der Waals surface area contributed by atoms with Crippen molar-refractivity contribution in [3.8, 4) is 11.5 Å². The zero-order valence-electron chi connectivity index (χ0n) is 29.0. The summed E-state index contributed by atoms with van der Waals surface area (Å²) in [6.07, 6.45) is 6.17. The van der Waals surface area contributed by atoms with Gasteiger partial charge >= 0.3 is 0 Å². The average molecular weight is 729 g/mol. The van der Waals surface area contributed by atoms with Crippen LogP contribution in [0.15, 0.2) is 120 Å². The minimum atomic E-state index is -0.600. The van der Waals surface area contributed by atoms with Gasteiger partial charge in [-0.05, 0) is 97.2 Å². The SMILES string of the molecule is C[C@@]1(C(=O)Nc2nccs2)Cc2ccc(O)cc2[C@@H]1Cc1ccccc1.C[C@@]1(C(=O)Nc2nccs2)Cc2ccc(O)cc2[C@H]1Cc1ccccc1. The molecule has 0 spiro atoms. The molecule has 0 aliphatic heterocycles. The summed E-state index contributed by atoms with van der Waals surface area (Å²) in [4.78, 5) is 34.7. The lowest BCUT2D eigenvalue weighted by molar-refractivity contribution is -0.126. The van der Waals surface area contributed by atoms with Crippen LogP contribution in [0.25, 0.3) is 0 Å². The number of aromatic nitrogens is 2. The highest BCUT2D eigenvalue weighted by Gasteiger charge is 2.49. The third-order valence-corrected chi connectivity index (χ3v) is 11.9. The van der Waals surface area contributed by atoms with Crippen molar-refractivity contribution in [2.24, 2.45) is 10.8 Å². The summed E-state index contributed by atoms with van der Waals surface area (Å²) in [5.74, 6) is 0.421. The van der Waals surface area contributed by atoms with Gasteiger partial charge in [0, 0.05) is 35.0 Å². The molecular formula is C42H40N4O4S2. The van der Waals surface area contributed by atoms with E-state index < -0.39 is 10.8 Å². The minimum Gasteiger partial charge on any atom is -0.508 e. The van der Waals surface area contributed by atoms with Gasteiger partial charge in [0.2, 0.25) is 11.8 Å². The van der Waals surface area contributed by atoms with Crippen LogP contribution >= 0.6 is 22.7 Å². The standard InChI is InChI=1S/2C21H20N2O2S/c2*1-21(19(25)23-20-22-9-10-26-20)13-15-7-8-16(24)12-17(15)18(21)11-14-5-3-2-4-6-14/h2*2-10,12,18,24H,11,13H2,1H3,(H,22,23,25)/t18-,21+;18-,21-/m01/s1. The zero-order chi connectivity index (χ0) is 36.3. The highest BCUT2D eigenvalue weighted by molar-refractivity contribution is 7.14. The lowest BCUT2D eigenvalue weighted by atomic mass is 9.74. The molecule has 4 aromatic carbocycles. The molecule has 2 heterocycles. The minimum absolute atomic E-state index is 0.00744. The van der Waals surface area contributed by atoms with Gasteiger partial charge in [0.25, 0.3) is 0 Å². The number of aromatic hydroxyl groups is 2. The van der Waals surface area contributed by atoms with Crippen LogP contribution in [0.4, 0.5) is 10.3 Å². The van der Waals surface area contributed by atoms with Crippen LogP contribution in [0.1, 0.15) is 59.1 Å². The van der Waals surface area contributed by atoms with Gasteiger partial charge in [0.15, 0.2) is 10.3 Å². The molecule has 264 valence electrons. The van der Waals surface area contributed by atoms with Gasteiger partial charge in [-0.3, -0.25) is 9.59 Å². The van der Waals surface area contributed by atoms with Crippen molar-refractivity contribution in [3.63, 3.8) is 0 Å². The second-order valence-electron chi connectivity index (χ2n) is 14.0. The van der Waals surface area contributed by atoms with E-state index in [1.54, 1.807) is 24.5 Å². The molecule has 0 saturated heterocycles. The largest absolute Gasteiger partial charge is 0.508 e. The molecule has 10 heteroatoms. The molecule has 2 aliphatic rings. The maximum atomic E-state index is 13.2. The van der Waals surface area contributed by atoms with Crippen LogP contribution < -0.4 is 10.6 Å². The number of amides is 2. The van der Waals surface area contributed by atoms with Gasteiger partial charge in [-0.25, -0.2) is 9.97 Å². The summed E-state index contributed by atoms with van der Waals surface area (Å²) in [5, 5.41) is 30.9. The van der Waals surface area contributed by atoms with Gasteiger partial charge in [-0.15, -0.1) is 22.7 Å². The third kappa shape index (κ3) is 7.22. The normalized spacial score (nSPS) is 21.3. The van der Waals surface area contributed by atoms with Gasteiger partial charge in [0.05, 0.1) is 10.8 Å². The van der Waals surface area contributed by atoms with Gasteiger partial charge in [-0.1, -0.05) is 72.8 Å². The van der Waals surface area contributed by atoms with Crippen LogP contribution in [0.2, 0.25) is 0 Å². The van der Waals surface area contributed by atoms with Crippen LogP contribution in [0, 0.1) is 10.8 Å². The highest BCUT2D eigenvalue weighted by atomic mass is 32.1. The first kappa shape index (κ1) is 35.1. The number of rotatable bonds is 8. The van der Waals surface area contributed by atoms with E-state index in [-0.39, 0.29) is 35.1 Å². The number of carbonyl (C=O) groups is 2. The Morgan fingerprint density at radius 1 is 0.654 bits per heavy atom. The molecule has 0 bridgehead atoms. The summed E-state index contributed by atoms with van der Waals surface area (Å²) in [6, 6.07) is 31.3. The molecule has 0 fully saturated rings. The number of hydrogen-bond acceptors (Lipinski definition) is 8. The number of benzene rings is 4. The smallest absolute Gasteiger partial charge is 0.233 e. The van der Waals surface area contributed by atoms with Crippen LogP contribution in [-0.4, -0.2) is 32.0 Å². The van der Waals surface area contributed by atoms with Crippen molar-refractivity contribution in [1.29, 1.82) is 0 Å². The molecule has 4 atom stereocenters. The fraction of sp³-hybridized carbons (Fsp3) is 0.238. The number of fused-ring (bicyclic) bond motifs is 2. The Labute approximate surface area is 311 Å². The second kappa shape index (κ2) is 14.7. The molecule has 4 N–H and O–H groups in total. The van der Waals surface area contributed by atoms with E-state index in [2.05, 4.69) is 44.9 Å². The summed E-state index contributed by atoms with van der Waals surface area (Å²) >= 11 is 2.83.